The Kier molecular flexibility index (Phi) is 6.10. The number of aromatic nitrogens is 2. The molecule has 0 aliphatic heterocycles. The maximum absolute atomic E-state index is 12.6. The molecular formula is C20H20Cl2N6O. The van der Waals surface area contributed by atoms with Crippen LogP contribution >= 0.6 is 23.2 Å². The number of amides is 2. The van der Waals surface area contributed by atoms with E-state index < -0.39 is 6.03 Å². The zero-order valence-electron chi connectivity index (χ0n) is 15.8. The van der Waals surface area contributed by atoms with E-state index in [2.05, 4.69) is 15.7 Å². The van der Waals surface area contributed by atoms with Crippen molar-refractivity contribution in [1.82, 2.24) is 9.78 Å². The lowest BCUT2D eigenvalue weighted by Gasteiger charge is -2.12. The third-order valence-electron chi connectivity index (χ3n) is 4.16. The van der Waals surface area contributed by atoms with Crippen LogP contribution in [0.15, 0.2) is 48.5 Å². The van der Waals surface area contributed by atoms with Gasteiger partial charge in [0.05, 0.1) is 27.1 Å². The second kappa shape index (κ2) is 8.55. The van der Waals surface area contributed by atoms with Gasteiger partial charge in [0.1, 0.15) is 11.7 Å². The second-order valence-electron chi connectivity index (χ2n) is 6.67. The van der Waals surface area contributed by atoms with E-state index in [1.54, 1.807) is 47.1 Å². The molecule has 0 aliphatic rings. The number of benzene rings is 2. The van der Waals surface area contributed by atoms with Gasteiger partial charge in [0.2, 0.25) is 0 Å². The molecule has 0 aliphatic carbocycles. The van der Waals surface area contributed by atoms with Gasteiger partial charge in [0, 0.05) is 11.6 Å². The molecule has 0 fully saturated rings. The number of halogens is 2. The number of nitrogens with one attached hydrogen (secondary N) is 3. The first-order valence-corrected chi connectivity index (χ1v) is 9.58. The van der Waals surface area contributed by atoms with Crippen molar-refractivity contribution >= 4 is 46.6 Å². The molecule has 2 aromatic carbocycles. The van der Waals surface area contributed by atoms with Crippen molar-refractivity contribution in [2.24, 2.45) is 5.73 Å². The van der Waals surface area contributed by atoms with Gasteiger partial charge in [-0.25, -0.2) is 9.48 Å². The highest BCUT2D eigenvalue weighted by Crippen LogP contribution is 2.30. The van der Waals surface area contributed by atoms with Gasteiger partial charge in [0.25, 0.3) is 0 Å². The molecule has 7 nitrogen and oxygen atoms in total. The Hall–Kier alpha value is -3.03. The largest absolute Gasteiger partial charge is 0.384 e. The summed E-state index contributed by atoms with van der Waals surface area (Å²) in [5.41, 5.74) is 8.02. The number of hydrogen-bond acceptors (Lipinski definition) is 3. The summed E-state index contributed by atoms with van der Waals surface area (Å²) < 4.78 is 1.60. The van der Waals surface area contributed by atoms with Crippen LogP contribution in [0.3, 0.4) is 0 Å². The van der Waals surface area contributed by atoms with E-state index >= 15 is 0 Å². The first-order chi connectivity index (χ1) is 13.8. The topological polar surface area (TPSA) is 109 Å². The number of rotatable bonds is 5. The van der Waals surface area contributed by atoms with Crippen LogP contribution in [-0.4, -0.2) is 21.6 Å². The minimum atomic E-state index is -0.492. The molecule has 0 bridgehead atoms. The Morgan fingerprint density at radius 2 is 1.86 bits per heavy atom. The Balaban J connectivity index is 1.92. The molecule has 1 heterocycles. The molecule has 0 spiro atoms. The van der Waals surface area contributed by atoms with E-state index in [9.17, 15) is 4.79 Å². The first-order valence-electron chi connectivity index (χ1n) is 8.83. The van der Waals surface area contributed by atoms with Crippen molar-refractivity contribution in [2.75, 3.05) is 10.6 Å². The summed E-state index contributed by atoms with van der Waals surface area (Å²) in [6, 6.07) is 13.4. The van der Waals surface area contributed by atoms with Crippen molar-refractivity contribution in [3.05, 3.63) is 69.8 Å². The fraction of sp³-hybridized carbons (Fsp3) is 0.150. The van der Waals surface area contributed by atoms with Gasteiger partial charge in [0.15, 0.2) is 0 Å². The number of carbonyl (C=O) groups excluding carboxylic acids is 1. The van der Waals surface area contributed by atoms with Crippen LogP contribution in [0.4, 0.5) is 16.3 Å². The lowest BCUT2D eigenvalue weighted by molar-refractivity contribution is 0.262. The molecule has 0 saturated heterocycles. The molecule has 29 heavy (non-hydrogen) atoms. The average molecular weight is 431 g/mol. The van der Waals surface area contributed by atoms with Gasteiger partial charge in [-0.1, -0.05) is 55.2 Å². The third kappa shape index (κ3) is 4.70. The molecule has 2 amide bonds. The Morgan fingerprint density at radius 1 is 1.14 bits per heavy atom. The highest BCUT2D eigenvalue weighted by atomic mass is 35.5. The zero-order chi connectivity index (χ0) is 21.1. The normalized spacial score (nSPS) is 10.8. The van der Waals surface area contributed by atoms with E-state index in [1.807, 2.05) is 19.9 Å². The lowest BCUT2D eigenvalue weighted by atomic mass is 10.1. The fourth-order valence-electron chi connectivity index (χ4n) is 2.64. The fourth-order valence-corrected chi connectivity index (χ4v) is 2.99. The molecule has 0 radical (unpaired) electrons. The van der Waals surface area contributed by atoms with Gasteiger partial charge in [-0.3, -0.25) is 10.7 Å². The minimum absolute atomic E-state index is 0.0501. The quantitative estimate of drug-likeness (QED) is 0.328. The summed E-state index contributed by atoms with van der Waals surface area (Å²) in [6.07, 6.45) is 0. The van der Waals surface area contributed by atoms with Crippen LogP contribution in [0.5, 0.6) is 0 Å². The van der Waals surface area contributed by atoms with E-state index in [0.717, 1.165) is 5.69 Å². The summed E-state index contributed by atoms with van der Waals surface area (Å²) in [7, 11) is 0. The number of hydrogen-bond donors (Lipinski definition) is 4. The van der Waals surface area contributed by atoms with Crippen molar-refractivity contribution in [2.45, 2.75) is 19.8 Å². The van der Waals surface area contributed by atoms with Gasteiger partial charge < -0.3 is 11.1 Å². The predicted molar refractivity (Wildman–Crippen MR) is 118 cm³/mol. The molecule has 0 unspecified atom stereocenters. The van der Waals surface area contributed by atoms with Gasteiger partial charge in [-0.15, -0.1) is 0 Å². The van der Waals surface area contributed by atoms with Crippen LogP contribution in [0.1, 0.15) is 31.0 Å². The summed E-state index contributed by atoms with van der Waals surface area (Å²) in [5, 5.41) is 18.3. The summed E-state index contributed by atoms with van der Waals surface area (Å²) in [6.45, 7) is 4.02. The van der Waals surface area contributed by atoms with Crippen molar-refractivity contribution in [3.8, 4) is 5.69 Å². The summed E-state index contributed by atoms with van der Waals surface area (Å²) in [5.74, 6) is 0.564. The van der Waals surface area contributed by atoms with Crippen LogP contribution in [-0.2, 0) is 0 Å². The molecule has 3 rings (SSSR count). The average Bonchev–Trinajstić information content (AvgIpc) is 3.09. The molecular weight excluding hydrogens is 411 g/mol. The van der Waals surface area contributed by atoms with Crippen LogP contribution in [0, 0.1) is 5.41 Å². The van der Waals surface area contributed by atoms with Crippen molar-refractivity contribution in [3.63, 3.8) is 0 Å². The maximum atomic E-state index is 12.6. The SMILES string of the molecule is CC(C)c1cc(NC(=O)Nc2cccc(Cl)c2Cl)n(-c2cccc(C(=N)N)c2)n1. The molecule has 1 aromatic heterocycles. The maximum Gasteiger partial charge on any atom is 0.324 e. The zero-order valence-corrected chi connectivity index (χ0v) is 17.3. The van der Waals surface area contributed by atoms with Gasteiger partial charge in [-0.2, -0.15) is 5.10 Å². The number of nitrogen functional groups attached to an aromatic ring is 1. The highest BCUT2D eigenvalue weighted by Gasteiger charge is 2.16. The van der Waals surface area contributed by atoms with Crippen LogP contribution in [0.25, 0.3) is 5.69 Å². The molecule has 150 valence electrons. The minimum Gasteiger partial charge on any atom is -0.384 e. The van der Waals surface area contributed by atoms with Crippen LogP contribution in [0.2, 0.25) is 10.0 Å². The summed E-state index contributed by atoms with van der Waals surface area (Å²) >= 11 is 12.1. The highest BCUT2D eigenvalue weighted by molar-refractivity contribution is 6.44. The first kappa shape index (κ1) is 20.7. The van der Waals surface area contributed by atoms with E-state index in [0.29, 0.717) is 27.8 Å². The third-order valence-corrected chi connectivity index (χ3v) is 4.98. The second-order valence-corrected chi connectivity index (χ2v) is 7.45. The van der Waals surface area contributed by atoms with E-state index in [4.69, 9.17) is 34.3 Å². The van der Waals surface area contributed by atoms with Crippen molar-refractivity contribution < 1.29 is 4.79 Å². The molecule has 0 atom stereocenters. The molecule has 3 aromatic rings. The monoisotopic (exact) mass is 430 g/mol. The lowest BCUT2D eigenvalue weighted by Crippen LogP contribution is -2.21. The Labute approximate surface area is 178 Å². The van der Waals surface area contributed by atoms with Crippen LogP contribution < -0.4 is 16.4 Å². The number of carbonyl (C=O) groups is 1. The Bertz CT molecular complexity index is 1080. The standard InChI is InChI=1S/C20H20Cl2N6O/c1-11(2)16-10-17(26-20(29)25-15-8-4-7-14(21)18(15)22)28(27-16)13-6-3-5-12(9-13)19(23)24/h3-11H,1-2H3,(H3,23,24)(H2,25,26,29). The number of anilines is 2. The van der Waals surface area contributed by atoms with Crippen molar-refractivity contribution in [1.29, 1.82) is 5.41 Å². The molecule has 5 N–H and O–H groups in total. The number of urea groups is 1. The number of amidine groups is 1. The smallest absolute Gasteiger partial charge is 0.324 e. The number of nitrogens with zero attached hydrogens (tertiary/aromatic N) is 2. The molecule has 0 saturated carbocycles. The van der Waals surface area contributed by atoms with Gasteiger partial charge in [-0.05, 0) is 30.2 Å². The van der Waals surface area contributed by atoms with Gasteiger partial charge >= 0.3 is 6.03 Å². The number of nitrogens with two attached hydrogens (primary N) is 1. The predicted octanol–water partition coefficient (Wildman–Crippen LogP) is 5.23. The van der Waals surface area contributed by atoms with E-state index in [1.165, 1.54) is 0 Å². The van der Waals surface area contributed by atoms with E-state index in [-0.39, 0.29) is 16.8 Å². The summed E-state index contributed by atoms with van der Waals surface area (Å²) in [4.78, 5) is 12.6. The Morgan fingerprint density at radius 3 is 2.55 bits per heavy atom. The molecule has 9 heteroatoms.